The molecule has 0 spiro atoms. The zero-order valence-electron chi connectivity index (χ0n) is 16.3. The van der Waals surface area contributed by atoms with Gasteiger partial charge < -0.3 is 15.0 Å². The molecule has 1 aromatic carbocycles. The van der Waals surface area contributed by atoms with Crippen LogP contribution in [0, 0.1) is 5.95 Å². The van der Waals surface area contributed by atoms with Gasteiger partial charge in [0.1, 0.15) is 12.4 Å². The average molecular weight is 447 g/mol. The van der Waals surface area contributed by atoms with E-state index in [9.17, 15) is 31.1 Å². The highest BCUT2D eigenvalue weighted by Gasteiger charge is 2.60. The second kappa shape index (κ2) is 8.74. The summed E-state index contributed by atoms with van der Waals surface area (Å²) in [6.45, 7) is 0.651. The highest BCUT2D eigenvalue weighted by Crippen LogP contribution is 2.47. The molecule has 0 aliphatic carbocycles. The van der Waals surface area contributed by atoms with Gasteiger partial charge in [-0.3, -0.25) is 4.79 Å². The first kappa shape index (κ1) is 22.9. The number of anilines is 1. The molecule has 1 atom stereocenters. The number of aromatic nitrogens is 1. The van der Waals surface area contributed by atoms with Gasteiger partial charge in [-0.25, -0.2) is 4.98 Å². The van der Waals surface area contributed by atoms with Gasteiger partial charge in [-0.1, -0.05) is 0 Å². The molecule has 1 aliphatic heterocycles. The summed E-state index contributed by atoms with van der Waals surface area (Å²) in [5, 5.41) is 2.26. The Kier molecular flexibility index (Phi) is 6.44. The third kappa shape index (κ3) is 4.92. The first-order valence-corrected chi connectivity index (χ1v) is 9.34. The molecule has 0 saturated carbocycles. The predicted octanol–water partition coefficient (Wildman–Crippen LogP) is 4.60. The topological polar surface area (TPSA) is 54.5 Å². The number of likely N-dealkylation sites (tertiary alicyclic amines) is 1. The van der Waals surface area contributed by atoms with E-state index >= 15 is 0 Å². The molecule has 11 heteroatoms. The first-order valence-electron chi connectivity index (χ1n) is 9.34. The number of nitrogens with zero attached hydrogens (tertiary/aromatic N) is 2. The minimum atomic E-state index is -5.83. The van der Waals surface area contributed by atoms with Gasteiger partial charge in [0.05, 0.1) is 11.1 Å². The van der Waals surface area contributed by atoms with E-state index in [4.69, 9.17) is 4.74 Å². The number of rotatable bonds is 6. The van der Waals surface area contributed by atoms with Crippen molar-refractivity contribution in [2.45, 2.75) is 31.0 Å². The van der Waals surface area contributed by atoms with Crippen LogP contribution in [0.3, 0.4) is 0 Å². The number of alkyl halides is 5. The van der Waals surface area contributed by atoms with E-state index in [1.165, 1.54) is 6.07 Å². The minimum Gasteiger partial charge on any atom is -0.491 e. The molecule has 2 heterocycles. The van der Waals surface area contributed by atoms with Gasteiger partial charge >= 0.3 is 12.1 Å². The molecule has 1 unspecified atom stereocenters. The van der Waals surface area contributed by atoms with Gasteiger partial charge in [-0.15, -0.1) is 0 Å². The van der Waals surface area contributed by atoms with Crippen LogP contribution in [-0.4, -0.2) is 48.2 Å². The highest BCUT2D eigenvalue weighted by molar-refractivity contribution is 6.04. The average Bonchev–Trinajstić information content (AvgIpc) is 3.10. The molecule has 0 radical (unpaired) electrons. The van der Waals surface area contributed by atoms with E-state index in [2.05, 4.69) is 10.3 Å². The van der Waals surface area contributed by atoms with Crippen LogP contribution in [0.1, 0.15) is 28.8 Å². The van der Waals surface area contributed by atoms with Crippen molar-refractivity contribution in [1.29, 1.82) is 0 Å². The van der Waals surface area contributed by atoms with Crippen molar-refractivity contribution in [1.82, 2.24) is 9.88 Å². The normalized spacial score (nSPS) is 17.6. The number of hydrogen-bond acceptors (Lipinski definition) is 4. The Morgan fingerprint density at radius 1 is 1.26 bits per heavy atom. The summed E-state index contributed by atoms with van der Waals surface area (Å²) >= 11 is 0. The van der Waals surface area contributed by atoms with E-state index in [0.717, 1.165) is 37.4 Å². The molecule has 1 saturated heterocycles. The molecule has 3 rings (SSSR count). The smallest absolute Gasteiger partial charge is 0.458 e. The Hall–Kier alpha value is -2.82. The molecular formula is C20H19F6N3O2. The van der Waals surface area contributed by atoms with Crippen LogP contribution in [0.2, 0.25) is 0 Å². The fourth-order valence-corrected chi connectivity index (χ4v) is 3.26. The molecular weight excluding hydrogens is 428 g/mol. The molecule has 1 aromatic heterocycles. The molecule has 1 fully saturated rings. The van der Waals surface area contributed by atoms with Crippen LogP contribution in [-0.2, 0) is 5.92 Å². The van der Waals surface area contributed by atoms with Crippen molar-refractivity contribution < 1.29 is 35.9 Å². The summed E-state index contributed by atoms with van der Waals surface area (Å²) in [7, 11) is 1.80. The van der Waals surface area contributed by atoms with E-state index < -0.39 is 40.8 Å². The largest absolute Gasteiger partial charge is 0.491 e. The van der Waals surface area contributed by atoms with Crippen LogP contribution in [0.25, 0.3) is 0 Å². The second-order valence-corrected chi connectivity index (χ2v) is 7.17. The number of benzene rings is 1. The summed E-state index contributed by atoms with van der Waals surface area (Å²) in [5.74, 6) is -7.88. The number of nitrogens with one attached hydrogen (secondary N) is 1. The molecule has 1 amide bonds. The van der Waals surface area contributed by atoms with Crippen molar-refractivity contribution in [3.05, 3.63) is 53.6 Å². The van der Waals surface area contributed by atoms with Crippen molar-refractivity contribution in [2.24, 2.45) is 0 Å². The second-order valence-electron chi connectivity index (χ2n) is 7.17. The molecule has 168 valence electrons. The van der Waals surface area contributed by atoms with Crippen molar-refractivity contribution in [3.8, 4) is 5.75 Å². The van der Waals surface area contributed by atoms with E-state index in [1.807, 2.05) is 4.90 Å². The lowest BCUT2D eigenvalue weighted by atomic mass is 10.1. The Labute approximate surface area is 174 Å². The zero-order valence-corrected chi connectivity index (χ0v) is 16.3. The number of amides is 1. The number of likely N-dealkylation sites (N-methyl/N-ethyl adjacent to an activating group) is 1. The fraction of sp³-hybridized carbons (Fsp3) is 0.400. The number of carbonyl (C=O) groups excluding carboxylic acids is 1. The van der Waals surface area contributed by atoms with E-state index in [1.54, 1.807) is 7.05 Å². The van der Waals surface area contributed by atoms with Gasteiger partial charge in [0.25, 0.3) is 5.91 Å². The first-order chi connectivity index (χ1) is 14.5. The van der Waals surface area contributed by atoms with Crippen LogP contribution < -0.4 is 10.1 Å². The molecule has 1 aliphatic rings. The molecule has 1 N–H and O–H groups in total. The standard InChI is InChI=1S/C20H19F6N3O2/c1-29-9-3-4-13(29)11-31-16-10-12(6-7-15(16)19(22,23)20(24,25)26)28-18(30)14-5-2-8-27-17(14)21/h2,5-8,10,13H,3-4,9,11H2,1H3,(H,28,30). The maximum absolute atomic E-state index is 14.1. The third-order valence-electron chi connectivity index (χ3n) is 5.04. The van der Waals surface area contributed by atoms with Crippen molar-refractivity contribution in [2.75, 3.05) is 25.5 Å². The lowest BCUT2D eigenvalue weighted by Crippen LogP contribution is -2.35. The highest BCUT2D eigenvalue weighted by atomic mass is 19.4. The summed E-state index contributed by atoms with van der Waals surface area (Å²) in [6, 6.07) is 4.60. The predicted molar refractivity (Wildman–Crippen MR) is 99.7 cm³/mol. The summed E-state index contributed by atoms with van der Waals surface area (Å²) in [4.78, 5) is 17.5. The summed E-state index contributed by atoms with van der Waals surface area (Å²) < 4.78 is 86.0. The molecule has 31 heavy (non-hydrogen) atoms. The lowest BCUT2D eigenvalue weighted by Gasteiger charge is -2.25. The number of halogens is 6. The number of pyridine rings is 1. The van der Waals surface area contributed by atoms with Crippen LogP contribution >= 0.6 is 0 Å². The Balaban J connectivity index is 1.90. The number of hydrogen-bond donors (Lipinski definition) is 1. The summed E-state index contributed by atoms with van der Waals surface area (Å²) in [6.07, 6.45) is -3.15. The van der Waals surface area contributed by atoms with Gasteiger partial charge in [-0.05, 0) is 50.7 Å². The monoisotopic (exact) mass is 447 g/mol. The number of carbonyl (C=O) groups is 1. The van der Waals surface area contributed by atoms with Gasteiger partial charge in [0.2, 0.25) is 5.95 Å². The number of ether oxygens (including phenoxy) is 1. The SMILES string of the molecule is CN1CCCC1COc1cc(NC(=O)c2cccnc2F)ccc1C(F)(F)C(F)(F)F. The Morgan fingerprint density at radius 2 is 2.00 bits per heavy atom. The Morgan fingerprint density at radius 3 is 2.61 bits per heavy atom. The quantitative estimate of drug-likeness (QED) is 0.520. The zero-order chi connectivity index (χ0) is 22.8. The van der Waals surface area contributed by atoms with Crippen LogP contribution in [0.4, 0.5) is 32.0 Å². The fourth-order valence-electron chi connectivity index (χ4n) is 3.26. The third-order valence-corrected chi connectivity index (χ3v) is 5.04. The maximum atomic E-state index is 14.1. The van der Waals surface area contributed by atoms with Crippen LogP contribution in [0.5, 0.6) is 5.75 Å². The maximum Gasteiger partial charge on any atom is 0.458 e. The molecule has 5 nitrogen and oxygen atoms in total. The Bertz CT molecular complexity index is 951. The minimum absolute atomic E-state index is 0.105. The molecule has 2 aromatic rings. The van der Waals surface area contributed by atoms with Crippen molar-refractivity contribution >= 4 is 11.6 Å². The van der Waals surface area contributed by atoms with E-state index in [-0.39, 0.29) is 18.3 Å². The van der Waals surface area contributed by atoms with Crippen LogP contribution in [0.15, 0.2) is 36.5 Å². The van der Waals surface area contributed by atoms with Gasteiger partial charge in [0.15, 0.2) is 0 Å². The van der Waals surface area contributed by atoms with Crippen molar-refractivity contribution in [3.63, 3.8) is 0 Å². The summed E-state index contributed by atoms with van der Waals surface area (Å²) in [5.41, 5.74) is -1.92. The van der Waals surface area contributed by atoms with Gasteiger partial charge in [-0.2, -0.15) is 26.3 Å². The van der Waals surface area contributed by atoms with Gasteiger partial charge in [0, 0.05) is 24.0 Å². The van der Waals surface area contributed by atoms with E-state index in [0.29, 0.717) is 12.5 Å². The molecule has 0 bridgehead atoms. The lowest BCUT2D eigenvalue weighted by molar-refractivity contribution is -0.289.